The molecule has 7 heteroatoms. The van der Waals surface area contributed by atoms with Gasteiger partial charge in [-0.05, 0) is 24.6 Å². The Hall–Kier alpha value is -1.43. The predicted molar refractivity (Wildman–Crippen MR) is 79.8 cm³/mol. The molecule has 2 N–H and O–H groups in total. The van der Waals surface area contributed by atoms with Gasteiger partial charge in [0.25, 0.3) is 0 Å². The molecule has 0 spiro atoms. The molecule has 0 unspecified atom stereocenters. The van der Waals surface area contributed by atoms with Gasteiger partial charge in [0.05, 0.1) is 15.8 Å². The second-order valence-corrected chi connectivity index (χ2v) is 5.78. The number of halogens is 2. The maximum atomic E-state index is 6.08. The molecule has 0 amide bonds. The smallest absolute Gasteiger partial charge is 0.222 e. The zero-order valence-corrected chi connectivity index (χ0v) is 12.1. The highest BCUT2D eigenvalue weighted by Crippen LogP contribution is 2.37. The number of aromatic nitrogens is 3. The largest absolute Gasteiger partial charge is 0.368 e. The van der Waals surface area contributed by atoms with Crippen LogP contribution < -0.4 is 5.73 Å². The van der Waals surface area contributed by atoms with Crippen molar-refractivity contribution in [2.45, 2.75) is 6.92 Å². The van der Waals surface area contributed by atoms with E-state index in [2.05, 4.69) is 15.0 Å². The highest BCUT2D eigenvalue weighted by molar-refractivity contribution is 7.21. The van der Waals surface area contributed by atoms with E-state index >= 15 is 0 Å². The lowest BCUT2D eigenvalue weighted by Crippen LogP contribution is -1.97. The van der Waals surface area contributed by atoms with Gasteiger partial charge in [0.1, 0.15) is 15.3 Å². The quantitative estimate of drug-likeness (QED) is 0.691. The number of benzene rings is 1. The molecule has 4 nitrogen and oxygen atoms in total. The second kappa shape index (κ2) is 4.59. The fourth-order valence-corrected chi connectivity index (χ4v) is 3.43. The molecule has 0 fully saturated rings. The van der Waals surface area contributed by atoms with Crippen molar-refractivity contribution in [1.29, 1.82) is 0 Å². The number of nitrogen functional groups attached to an aromatic ring is 1. The molecule has 3 aromatic rings. The molecule has 2 aromatic heterocycles. The molecule has 0 saturated carbocycles. The van der Waals surface area contributed by atoms with Gasteiger partial charge in [0.15, 0.2) is 0 Å². The highest BCUT2D eigenvalue weighted by atomic mass is 35.5. The first-order valence-electron chi connectivity index (χ1n) is 5.40. The van der Waals surface area contributed by atoms with Gasteiger partial charge in [-0.15, -0.1) is 11.3 Å². The van der Waals surface area contributed by atoms with Crippen LogP contribution in [0.15, 0.2) is 18.2 Å². The molecule has 0 radical (unpaired) electrons. The lowest BCUT2D eigenvalue weighted by atomic mass is 10.2. The van der Waals surface area contributed by atoms with Crippen molar-refractivity contribution in [1.82, 2.24) is 15.0 Å². The Balaban J connectivity index is 2.24. The first kappa shape index (κ1) is 12.6. The molecule has 19 heavy (non-hydrogen) atoms. The number of nitrogens with two attached hydrogens (primary N) is 1. The molecule has 0 atom stereocenters. The average Bonchev–Trinajstić information content (AvgIpc) is 2.69. The topological polar surface area (TPSA) is 64.7 Å². The number of hydrogen-bond acceptors (Lipinski definition) is 5. The number of aryl methyl sites for hydroxylation is 1. The van der Waals surface area contributed by atoms with Crippen molar-refractivity contribution < 1.29 is 0 Å². The van der Waals surface area contributed by atoms with Crippen LogP contribution in [-0.4, -0.2) is 15.0 Å². The Kier molecular flexibility index (Phi) is 3.05. The van der Waals surface area contributed by atoms with E-state index in [4.69, 9.17) is 28.9 Å². The number of nitrogens with zero attached hydrogens (tertiary/aromatic N) is 3. The van der Waals surface area contributed by atoms with Crippen molar-refractivity contribution in [2.75, 3.05) is 5.73 Å². The Morgan fingerprint density at radius 2 is 1.79 bits per heavy atom. The fraction of sp³-hybridized carbons (Fsp3) is 0.0833. The van der Waals surface area contributed by atoms with Crippen LogP contribution in [0.1, 0.15) is 5.56 Å². The van der Waals surface area contributed by atoms with E-state index in [1.54, 1.807) is 0 Å². The van der Waals surface area contributed by atoms with Crippen LogP contribution in [0.2, 0.25) is 10.3 Å². The Bertz CT molecular complexity index is 761. The van der Waals surface area contributed by atoms with E-state index in [9.17, 15) is 0 Å². The third-order valence-electron chi connectivity index (χ3n) is 2.59. The molecule has 2 heterocycles. The van der Waals surface area contributed by atoms with Gasteiger partial charge in [-0.1, -0.05) is 29.3 Å². The van der Waals surface area contributed by atoms with Crippen LogP contribution in [-0.2, 0) is 0 Å². The van der Waals surface area contributed by atoms with Crippen molar-refractivity contribution in [2.24, 2.45) is 0 Å². The van der Waals surface area contributed by atoms with E-state index < -0.39 is 0 Å². The van der Waals surface area contributed by atoms with Crippen molar-refractivity contribution in [3.05, 3.63) is 34.1 Å². The zero-order chi connectivity index (χ0) is 13.6. The Morgan fingerprint density at radius 3 is 2.47 bits per heavy atom. The summed E-state index contributed by atoms with van der Waals surface area (Å²) in [6.07, 6.45) is 0. The van der Waals surface area contributed by atoms with E-state index in [0.717, 1.165) is 15.8 Å². The molecular weight excluding hydrogens is 303 g/mol. The second-order valence-electron chi connectivity index (χ2n) is 4.03. The summed E-state index contributed by atoms with van der Waals surface area (Å²) in [5, 5.41) is 1.12. The van der Waals surface area contributed by atoms with Gasteiger partial charge in [-0.3, -0.25) is 0 Å². The summed E-state index contributed by atoms with van der Waals surface area (Å²) in [5.74, 6) is 0.0516. The summed E-state index contributed by atoms with van der Waals surface area (Å²) < 4.78 is 1.06. The van der Waals surface area contributed by atoms with Gasteiger partial charge in [-0.2, -0.15) is 0 Å². The summed E-state index contributed by atoms with van der Waals surface area (Å²) in [6, 6.07) is 6.06. The van der Waals surface area contributed by atoms with Crippen molar-refractivity contribution in [3.8, 4) is 10.6 Å². The van der Waals surface area contributed by atoms with E-state index in [-0.39, 0.29) is 16.3 Å². The monoisotopic (exact) mass is 310 g/mol. The number of rotatable bonds is 1. The van der Waals surface area contributed by atoms with Gasteiger partial charge in [0.2, 0.25) is 5.95 Å². The van der Waals surface area contributed by atoms with Crippen LogP contribution in [0.4, 0.5) is 5.95 Å². The van der Waals surface area contributed by atoms with Crippen molar-refractivity contribution >= 4 is 50.7 Å². The number of fused-ring (bicyclic) bond motifs is 1. The van der Waals surface area contributed by atoms with E-state index in [0.29, 0.717) is 10.6 Å². The summed E-state index contributed by atoms with van der Waals surface area (Å²) in [6.45, 7) is 2.02. The maximum Gasteiger partial charge on any atom is 0.222 e. The minimum Gasteiger partial charge on any atom is -0.368 e. The van der Waals surface area contributed by atoms with E-state index in [1.807, 2.05) is 25.1 Å². The number of anilines is 1. The molecule has 96 valence electrons. The highest BCUT2D eigenvalue weighted by Gasteiger charge is 2.16. The average molecular weight is 311 g/mol. The van der Waals surface area contributed by atoms with Gasteiger partial charge < -0.3 is 5.73 Å². The summed E-state index contributed by atoms with van der Waals surface area (Å²) >= 11 is 13.7. The summed E-state index contributed by atoms with van der Waals surface area (Å²) in [4.78, 5) is 12.3. The van der Waals surface area contributed by atoms with Crippen LogP contribution in [0.3, 0.4) is 0 Å². The molecule has 0 bridgehead atoms. The summed E-state index contributed by atoms with van der Waals surface area (Å²) in [7, 11) is 0. The van der Waals surface area contributed by atoms with Crippen LogP contribution in [0, 0.1) is 6.92 Å². The molecule has 1 aromatic carbocycles. The molecule has 3 rings (SSSR count). The van der Waals surface area contributed by atoms with Gasteiger partial charge >= 0.3 is 0 Å². The molecule has 0 aliphatic rings. The molecule has 0 aliphatic carbocycles. The Labute approximate surface area is 123 Å². The van der Waals surface area contributed by atoms with Crippen LogP contribution in [0.25, 0.3) is 20.8 Å². The predicted octanol–water partition coefficient (Wildman–Crippen LogP) is 3.95. The number of thiazole rings is 1. The Morgan fingerprint density at radius 1 is 1.11 bits per heavy atom. The zero-order valence-electron chi connectivity index (χ0n) is 9.82. The minimum absolute atomic E-state index is 0.0516. The van der Waals surface area contributed by atoms with Gasteiger partial charge in [0, 0.05) is 0 Å². The molecule has 0 aliphatic heterocycles. The molecular formula is C12H8Cl2N4S. The summed E-state index contributed by atoms with van der Waals surface area (Å²) in [5.41, 5.74) is 8.07. The fourth-order valence-electron chi connectivity index (χ4n) is 1.74. The first-order chi connectivity index (χ1) is 9.04. The lowest BCUT2D eigenvalue weighted by Gasteiger charge is -2.02. The normalized spacial score (nSPS) is 11.1. The van der Waals surface area contributed by atoms with Crippen LogP contribution in [0.5, 0.6) is 0 Å². The lowest BCUT2D eigenvalue weighted by molar-refractivity contribution is 1.19. The maximum absolute atomic E-state index is 6.08. The molecule has 0 saturated heterocycles. The third-order valence-corrected chi connectivity index (χ3v) is 4.20. The SMILES string of the molecule is Cc1ccc2sc(-c3c(Cl)nc(N)nc3Cl)nc2c1. The number of hydrogen-bond donors (Lipinski definition) is 1. The standard InChI is InChI=1S/C12H8Cl2N4S/c1-5-2-3-7-6(4-5)16-11(19-7)8-9(13)17-12(15)18-10(8)14/h2-4H,1H3,(H2,15,17,18). The third kappa shape index (κ3) is 2.25. The van der Waals surface area contributed by atoms with Gasteiger partial charge in [-0.25, -0.2) is 15.0 Å². The van der Waals surface area contributed by atoms with Crippen LogP contribution >= 0.6 is 34.5 Å². The minimum atomic E-state index is 0.0516. The van der Waals surface area contributed by atoms with E-state index in [1.165, 1.54) is 11.3 Å². The van der Waals surface area contributed by atoms with Crippen molar-refractivity contribution in [3.63, 3.8) is 0 Å². The first-order valence-corrected chi connectivity index (χ1v) is 6.98.